The highest BCUT2D eigenvalue weighted by molar-refractivity contribution is 5.87. The van der Waals surface area contributed by atoms with Crippen molar-refractivity contribution < 1.29 is 42.9 Å². The first-order valence-corrected chi connectivity index (χ1v) is 21.0. The molecule has 5 aromatic carbocycles. The van der Waals surface area contributed by atoms with Crippen LogP contribution in [-0.2, 0) is 53.1 Å². The van der Waals surface area contributed by atoms with Crippen LogP contribution >= 0.6 is 0 Å². The summed E-state index contributed by atoms with van der Waals surface area (Å²) in [6, 6.07) is 46.0. The largest absolute Gasteiger partial charge is 0.508 e. The molecule has 63 heavy (non-hydrogen) atoms. The molecule has 0 aliphatic carbocycles. The lowest BCUT2D eigenvalue weighted by Crippen LogP contribution is -2.51. The molecule has 0 saturated carbocycles. The van der Waals surface area contributed by atoms with Crippen molar-refractivity contribution in [3.8, 4) is 22.3 Å². The lowest BCUT2D eigenvalue weighted by molar-refractivity contribution is -0.154. The molecule has 1 N–H and O–H groups in total. The molecule has 0 spiro atoms. The van der Waals surface area contributed by atoms with Crippen LogP contribution in [0.3, 0.4) is 0 Å². The van der Waals surface area contributed by atoms with Crippen molar-refractivity contribution >= 4 is 24.2 Å². The van der Waals surface area contributed by atoms with Crippen LogP contribution in [0, 0.1) is 11.3 Å². The molecule has 326 valence electrons. The lowest BCUT2D eigenvalue weighted by Gasteiger charge is -2.34. The van der Waals surface area contributed by atoms with E-state index in [0.29, 0.717) is 0 Å². The van der Waals surface area contributed by atoms with E-state index in [9.17, 15) is 19.2 Å². The van der Waals surface area contributed by atoms with E-state index in [0.717, 1.165) is 38.9 Å². The van der Waals surface area contributed by atoms with Crippen LogP contribution < -0.4 is 5.32 Å². The molecule has 0 aliphatic heterocycles. The highest BCUT2D eigenvalue weighted by Crippen LogP contribution is 2.32. The number of rotatable bonds is 19. The van der Waals surface area contributed by atoms with Gasteiger partial charge in [-0.25, -0.2) is 9.59 Å². The zero-order valence-electron chi connectivity index (χ0n) is 35.9. The molecule has 0 bridgehead atoms. The van der Waals surface area contributed by atoms with Crippen molar-refractivity contribution in [2.24, 2.45) is 11.3 Å². The number of amides is 1. The van der Waals surface area contributed by atoms with Crippen LogP contribution in [0.25, 0.3) is 22.3 Å². The number of hydrogen-bond acceptors (Lipinski definition) is 9. The second-order valence-electron chi connectivity index (χ2n) is 16.2. The van der Waals surface area contributed by atoms with Crippen molar-refractivity contribution in [2.45, 2.75) is 65.5 Å². The van der Waals surface area contributed by atoms with Gasteiger partial charge in [0.25, 0.3) is 0 Å². The third-order valence-corrected chi connectivity index (χ3v) is 10.5. The standard InChI is InChI=1S/C52H54N2O9/c1-52(2,3)46(37-63-51(58)62-36-40-21-12-6-13-22-40)53-48(55)47(54-31-30-44(33-54)43-28-26-42(27-29-43)41-23-14-7-15-24-41)45(49(56)60-34-38-17-8-4-9-18-38)25-16-32-59-50(57)61-35-39-19-10-5-11-20-39/h4-15,17-24,26-31,33,45-47H,16,25,32,34-37H2,1-3H3,(H,53,55)/t45-,46+,47+/m0/s1. The van der Waals surface area contributed by atoms with Gasteiger partial charge >= 0.3 is 18.3 Å². The third-order valence-electron chi connectivity index (χ3n) is 10.5. The van der Waals surface area contributed by atoms with Crippen LogP contribution in [0.2, 0.25) is 0 Å². The summed E-state index contributed by atoms with van der Waals surface area (Å²) in [5.41, 5.74) is 5.68. The SMILES string of the molecule is CC(C)(C)[C@@H](COC(=O)OCc1ccccc1)NC(=O)[C@@H]([C@H](CCCOC(=O)OCc1ccccc1)C(=O)OCc1ccccc1)n1ccc(-c2ccc(-c3ccccc3)cc2)c1. The zero-order valence-corrected chi connectivity index (χ0v) is 35.9. The van der Waals surface area contributed by atoms with Gasteiger partial charge in [-0.3, -0.25) is 9.59 Å². The summed E-state index contributed by atoms with van der Waals surface area (Å²) in [5.74, 6) is -2.15. The van der Waals surface area contributed by atoms with Crippen LogP contribution in [0.4, 0.5) is 9.59 Å². The van der Waals surface area contributed by atoms with Crippen molar-refractivity contribution in [3.05, 3.63) is 181 Å². The number of nitrogens with one attached hydrogen (secondary N) is 1. The lowest BCUT2D eigenvalue weighted by atomic mass is 9.86. The first-order chi connectivity index (χ1) is 30.5. The van der Waals surface area contributed by atoms with Gasteiger partial charge < -0.3 is 33.6 Å². The van der Waals surface area contributed by atoms with Gasteiger partial charge in [0, 0.05) is 12.4 Å². The van der Waals surface area contributed by atoms with Gasteiger partial charge in [-0.05, 0) is 63.3 Å². The Bertz CT molecular complexity index is 2340. The molecule has 0 aliphatic rings. The molecule has 0 radical (unpaired) electrons. The first kappa shape index (κ1) is 45.4. The average Bonchev–Trinajstić information content (AvgIpc) is 3.80. The highest BCUT2D eigenvalue weighted by Gasteiger charge is 2.39. The predicted molar refractivity (Wildman–Crippen MR) is 240 cm³/mol. The maximum atomic E-state index is 14.9. The van der Waals surface area contributed by atoms with E-state index in [-0.39, 0.29) is 45.9 Å². The number of carbonyl (C=O) groups is 4. The molecular weight excluding hydrogens is 797 g/mol. The van der Waals surface area contributed by atoms with Gasteiger partial charge in [0.1, 0.15) is 32.5 Å². The number of hydrogen-bond donors (Lipinski definition) is 1. The van der Waals surface area contributed by atoms with Gasteiger partial charge in [-0.2, -0.15) is 0 Å². The Morgan fingerprint density at radius 2 is 1.00 bits per heavy atom. The molecule has 11 heteroatoms. The van der Waals surface area contributed by atoms with Crippen molar-refractivity contribution in [1.82, 2.24) is 9.88 Å². The Morgan fingerprint density at radius 1 is 0.540 bits per heavy atom. The predicted octanol–water partition coefficient (Wildman–Crippen LogP) is 10.7. The van der Waals surface area contributed by atoms with E-state index in [2.05, 4.69) is 5.32 Å². The number of aromatic nitrogens is 1. The molecular formula is C52H54N2O9. The molecule has 3 atom stereocenters. The Morgan fingerprint density at radius 3 is 1.52 bits per heavy atom. The molecule has 0 saturated heterocycles. The quantitative estimate of drug-likeness (QED) is 0.0480. The van der Waals surface area contributed by atoms with E-state index < -0.39 is 47.6 Å². The number of benzene rings is 5. The van der Waals surface area contributed by atoms with Crippen LogP contribution in [-0.4, -0.2) is 48.0 Å². The van der Waals surface area contributed by atoms with Gasteiger partial charge in [0.05, 0.1) is 18.6 Å². The molecule has 0 unspecified atom stereocenters. The number of ether oxygens (including phenoxy) is 5. The minimum absolute atomic E-state index is 0.0128. The summed E-state index contributed by atoms with van der Waals surface area (Å²) in [5, 5.41) is 3.10. The summed E-state index contributed by atoms with van der Waals surface area (Å²) < 4.78 is 29.2. The normalized spacial score (nSPS) is 12.6. The van der Waals surface area contributed by atoms with Gasteiger partial charge in [0.15, 0.2) is 0 Å². The van der Waals surface area contributed by atoms with Gasteiger partial charge in [-0.1, -0.05) is 166 Å². The molecule has 11 nitrogen and oxygen atoms in total. The number of esters is 1. The van der Waals surface area contributed by atoms with Crippen LogP contribution in [0.1, 0.15) is 56.3 Å². The summed E-state index contributed by atoms with van der Waals surface area (Å²) in [6.45, 7) is 5.54. The Labute approximate surface area is 368 Å². The number of carbonyl (C=O) groups excluding carboxylic acids is 4. The maximum Gasteiger partial charge on any atom is 0.508 e. The minimum atomic E-state index is -1.13. The van der Waals surface area contributed by atoms with E-state index in [1.54, 1.807) is 10.8 Å². The zero-order chi connectivity index (χ0) is 44.4. The fourth-order valence-corrected chi connectivity index (χ4v) is 6.90. The Kier molecular flexibility index (Phi) is 16.3. The molecule has 1 aromatic heterocycles. The number of nitrogens with zero attached hydrogens (tertiary/aromatic N) is 1. The summed E-state index contributed by atoms with van der Waals surface area (Å²) in [4.78, 5) is 54.5. The second kappa shape index (κ2) is 22.6. The fraction of sp³-hybridized carbons (Fsp3) is 0.269. The Hall–Kier alpha value is -7.14. The van der Waals surface area contributed by atoms with Gasteiger partial charge in [0.2, 0.25) is 5.91 Å². The topological polar surface area (TPSA) is 131 Å². The molecule has 1 heterocycles. The smallest absolute Gasteiger partial charge is 0.461 e. The summed E-state index contributed by atoms with van der Waals surface area (Å²) >= 11 is 0. The van der Waals surface area contributed by atoms with E-state index >= 15 is 0 Å². The summed E-state index contributed by atoms with van der Waals surface area (Å²) in [7, 11) is 0. The highest BCUT2D eigenvalue weighted by atomic mass is 16.7. The van der Waals surface area contributed by atoms with E-state index in [4.69, 9.17) is 23.7 Å². The molecule has 0 fully saturated rings. The average molecular weight is 851 g/mol. The first-order valence-electron chi connectivity index (χ1n) is 21.0. The van der Waals surface area contributed by atoms with Crippen molar-refractivity contribution in [3.63, 3.8) is 0 Å². The minimum Gasteiger partial charge on any atom is -0.461 e. The van der Waals surface area contributed by atoms with Gasteiger partial charge in [-0.15, -0.1) is 0 Å². The maximum absolute atomic E-state index is 14.9. The van der Waals surface area contributed by atoms with Crippen LogP contribution in [0.5, 0.6) is 0 Å². The van der Waals surface area contributed by atoms with E-state index in [1.165, 1.54) is 0 Å². The molecule has 1 amide bonds. The molecule has 6 rings (SSSR count). The third kappa shape index (κ3) is 13.9. The van der Waals surface area contributed by atoms with Crippen molar-refractivity contribution in [1.29, 1.82) is 0 Å². The summed E-state index contributed by atoms with van der Waals surface area (Å²) in [6.07, 6.45) is 2.20. The molecule has 6 aromatic rings. The fourth-order valence-electron chi connectivity index (χ4n) is 6.90. The van der Waals surface area contributed by atoms with Crippen molar-refractivity contribution in [2.75, 3.05) is 13.2 Å². The monoisotopic (exact) mass is 850 g/mol. The Balaban J connectivity index is 1.24. The second-order valence-corrected chi connectivity index (χ2v) is 16.2. The van der Waals surface area contributed by atoms with Crippen LogP contribution in [0.15, 0.2) is 164 Å². The van der Waals surface area contributed by atoms with E-state index in [1.807, 2.05) is 179 Å².